The molecule has 2 rings (SSSR count). The van der Waals surface area contributed by atoms with E-state index in [1.807, 2.05) is 12.1 Å². The highest BCUT2D eigenvalue weighted by atomic mass is 16.4. The average Bonchev–Trinajstić information content (AvgIpc) is 2.67. The molecule has 1 unspecified atom stereocenters. The minimum Gasteiger partial charge on any atom is -0.481 e. The van der Waals surface area contributed by atoms with Gasteiger partial charge in [-0.05, 0) is 36.0 Å². The first-order chi connectivity index (χ1) is 8.56. The van der Waals surface area contributed by atoms with Gasteiger partial charge in [-0.1, -0.05) is 19.1 Å². The standard InChI is InChI=1S/C14H17NO3/c1-9(3-2-4-14(17)18)10-5-6-12-11(7-10)8-13(16)15-12/h5-7,9H,2-4,8H2,1H3,(H,15,16)(H,17,18). The van der Waals surface area contributed by atoms with Gasteiger partial charge in [-0.3, -0.25) is 9.59 Å². The highest BCUT2D eigenvalue weighted by Crippen LogP contribution is 2.29. The lowest BCUT2D eigenvalue weighted by Crippen LogP contribution is -2.03. The highest BCUT2D eigenvalue weighted by Gasteiger charge is 2.18. The van der Waals surface area contributed by atoms with Crippen LogP contribution in [0.1, 0.15) is 43.2 Å². The number of hydrogen-bond acceptors (Lipinski definition) is 2. The lowest BCUT2D eigenvalue weighted by molar-refractivity contribution is -0.137. The number of fused-ring (bicyclic) bond motifs is 1. The Labute approximate surface area is 106 Å². The molecule has 4 nitrogen and oxygen atoms in total. The van der Waals surface area contributed by atoms with E-state index in [-0.39, 0.29) is 12.3 Å². The molecule has 0 aliphatic carbocycles. The van der Waals surface area contributed by atoms with Crippen LogP contribution in [-0.4, -0.2) is 17.0 Å². The lowest BCUT2D eigenvalue weighted by Gasteiger charge is -2.12. The number of anilines is 1. The molecule has 1 heterocycles. The molecule has 0 saturated heterocycles. The summed E-state index contributed by atoms with van der Waals surface area (Å²) in [6.45, 7) is 2.09. The van der Waals surface area contributed by atoms with Crippen molar-refractivity contribution in [3.63, 3.8) is 0 Å². The van der Waals surface area contributed by atoms with Crippen LogP contribution in [0.4, 0.5) is 5.69 Å². The van der Waals surface area contributed by atoms with Crippen LogP contribution in [0.3, 0.4) is 0 Å². The van der Waals surface area contributed by atoms with Gasteiger partial charge in [0, 0.05) is 12.1 Å². The van der Waals surface area contributed by atoms with Gasteiger partial charge >= 0.3 is 5.97 Å². The van der Waals surface area contributed by atoms with E-state index in [9.17, 15) is 9.59 Å². The Balaban J connectivity index is 1.99. The zero-order chi connectivity index (χ0) is 13.1. The molecule has 1 aromatic rings. The van der Waals surface area contributed by atoms with Crippen LogP contribution in [0.25, 0.3) is 0 Å². The zero-order valence-corrected chi connectivity index (χ0v) is 10.4. The fourth-order valence-corrected chi connectivity index (χ4v) is 2.28. The van der Waals surface area contributed by atoms with Gasteiger partial charge in [-0.15, -0.1) is 0 Å². The minimum atomic E-state index is -0.744. The van der Waals surface area contributed by atoms with E-state index < -0.39 is 5.97 Å². The molecule has 0 spiro atoms. The second-order valence-electron chi connectivity index (χ2n) is 4.83. The number of hydrogen-bond donors (Lipinski definition) is 2. The molecular formula is C14H17NO3. The molecule has 0 aromatic heterocycles. The van der Waals surface area contributed by atoms with Gasteiger partial charge in [0.05, 0.1) is 6.42 Å². The first-order valence-electron chi connectivity index (χ1n) is 6.20. The summed E-state index contributed by atoms with van der Waals surface area (Å²) in [5.41, 5.74) is 3.12. The average molecular weight is 247 g/mol. The van der Waals surface area contributed by atoms with Crippen molar-refractivity contribution in [3.8, 4) is 0 Å². The normalized spacial score (nSPS) is 15.1. The fraction of sp³-hybridized carbons (Fsp3) is 0.429. The number of carbonyl (C=O) groups is 2. The molecule has 18 heavy (non-hydrogen) atoms. The molecule has 2 N–H and O–H groups in total. The summed E-state index contributed by atoms with van der Waals surface area (Å²) in [5, 5.41) is 11.4. The molecule has 1 aromatic carbocycles. The van der Waals surface area contributed by atoms with Crippen LogP contribution in [-0.2, 0) is 16.0 Å². The molecule has 0 bridgehead atoms. The van der Waals surface area contributed by atoms with E-state index in [2.05, 4.69) is 18.3 Å². The van der Waals surface area contributed by atoms with Crippen molar-refractivity contribution in [2.24, 2.45) is 0 Å². The van der Waals surface area contributed by atoms with E-state index in [1.54, 1.807) is 0 Å². The summed E-state index contributed by atoms with van der Waals surface area (Å²) in [6.07, 6.45) is 2.21. The summed E-state index contributed by atoms with van der Waals surface area (Å²) < 4.78 is 0. The second-order valence-corrected chi connectivity index (χ2v) is 4.83. The van der Waals surface area contributed by atoms with Crippen LogP contribution >= 0.6 is 0 Å². The van der Waals surface area contributed by atoms with E-state index in [0.29, 0.717) is 18.8 Å². The summed E-state index contributed by atoms with van der Waals surface area (Å²) in [5.74, 6) is -0.378. The van der Waals surface area contributed by atoms with Crippen LogP contribution in [0, 0.1) is 0 Å². The number of nitrogens with one attached hydrogen (secondary N) is 1. The Hall–Kier alpha value is -1.84. The van der Waals surface area contributed by atoms with Crippen molar-refractivity contribution >= 4 is 17.6 Å². The monoisotopic (exact) mass is 247 g/mol. The molecule has 4 heteroatoms. The molecule has 0 fully saturated rings. The third kappa shape index (κ3) is 2.88. The second kappa shape index (κ2) is 5.21. The number of carboxylic acid groups (broad SMARTS) is 1. The molecule has 0 radical (unpaired) electrons. The molecule has 1 aliphatic rings. The van der Waals surface area contributed by atoms with Crippen LogP contribution in [0.2, 0.25) is 0 Å². The third-order valence-electron chi connectivity index (χ3n) is 3.35. The Morgan fingerprint density at radius 2 is 2.28 bits per heavy atom. The number of carbonyl (C=O) groups excluding carboxylic acids is 1. The molecular weight excluding hydrogens is 230 g/mol. The van der Waals surface area contributed by atoms with Crippen molar-refractivity contribution in [2.75, 3.05) is 5.32 Å². The van der Waals surface area contributed by atoms with Gasteiger partial charge < -0.3 is 10.4 Å². The van der Waals surface area contributed by atoms with Gasteiger partial charge in [0.1, 0.15) is 0 Å². The Morgan fingerprint density at radius 3 is 3.00 bits per heavy atom. The van der Waals surface area contributed by atoms with E-state index in [0.717, 1.165) is 17.7 Å². The number of aliphatic carboxylic acids is 1. The Morgan fingerprint density at radius 1 is 1.50 bits per heavy atom. The van der Waals surface area contributed by atoms with Crippen LogP contribution < -0.4 is 5.32 Å². The van der Waals surface area contributed by atoms with Crippen LogP contribution in [0.5, 0.6) is 0 Å². The van der Waals surface area contributed by atoms with Gasteiger partial charge in [0.2, 0.25) is 5.91 Å². The molecule has 0 saturated carbocycles. The van der Waals surface area contributed by atoms with Crippen LogP contribution in [0.15, 0.2) is 18.2 Å². The smallest absolute Gasteiger partial charge is 0.303 e. The first-order valence-corrected chi connectivity index (χ1v) is 6.20. The third-order valence-corrected chi connectivity index (χ3v) is 3.35. The lowest BCUT2D eigenvalue weighted by atomic mass is 9.93. The first kappa shape index (κ1) is 12.6. The zero-order valence-electron chi connectivity index (χ0n) is 10.4. The number of benzene rings is 1. The number of amides is 1. The summed E-state index contributed by atoms with van der Waals surface area (Å²) >= 11 is 0. The number of carboxylic acids is 1. The molecule has 96 valence electrons. The van der Waals surface area contributed by atoms with Gasteiger partial charge in [-0.2, -0.15) is 0 Å². The minimum absolute atomic E-state index is 0.0423. The maximum atomic E-state index is 11.3. The SMILES string of the molecule is CC(CCCC(=O)O)c1ccc2c(c1)CC(=O)N2. The number of rotatable bonds is 5. The van der Waals surface area contributed by atoms with E-state index in [4.69, 9.17) is 5.11 Å². The van der Waals surface area contributed by atoms with E-state index >= 15 is 0 Å². The Bertz CT molecular complexity index is 482. The largest absolute Gasteiger partial charge is 0.481 e. The quantitative estimate of drug-likeness (QED) is 0.840. The van der Waals surface area contributed by atoms with Crippen molar-refractivity contribution < 1.29 is 14.7 Å². The fourth-order valence-electron chi connectivity index (χ4n) is 2.28. The summed E-state index contributed by atoms with van der Waals surface area (Å²) in [6, 6.07) is 6.00. The predicted octanol–water partition coefficient (Wildman–Crippen LogP) is 2.54. The summed E-state index contributed by atoms with van der Waals surface area (Å²) in [7, 11) is 0. The Kier molecular flexibility index (Phi) is 3.65. The van der Waals surface area contributed by atoms with Crippen molar-refractivity contribution in [1.82, 2.24) is 0 Å². The topological polar surface area (TPSA) is 66.4 Å². The molecule has 1 atom stereocenters. The van der Waals surface area contributed by atoms with E-state index in [1.165, 1.54) is 5.56 Å². The van der Waals surface area contributed by atoms with Crippen molar-refractivity contribution in [3.05, 3.63) is 29.3 Å². The predicted molar refractivity (Wildman–Crippen MR) is 68.7 cm³/mol. The summed E-state index contributed by atoms with van der Waals surface area (Å²) in [4.78, 5) is 21.7. The van der Waals surface area contributed by atoms with Gasteiger partial charge in [0.15, 0.2) is 0 Å². The van der Waals surface area contributed by atoms with Gasteiger partial charge in [-0.25, -0.2) is 0 Å². The molecule has 1 aliphatic heterocycles. The maximum Gasteiger partial charge on any atom is 0.303 e. The van der Waals surface area contributed by atoms with Crippen molar-refractivity contribution in [2.45, 2.75) is 38.5 Å². The molecule has 1 amide bonds. The van der Waals surface area contributed by atoms with Crippen molar-refractivity contribution in [1.29, 1.82) is 0 Å². The van der Waals surface area contributed by atoms with Gasteiger partial charge in [0.25, 0.3) is 0 Å². The maximum absolute atomic E-state index is 11.3. The highest BCUT2D eigenvalue weighted by molar-refractivity contribution is 5.99.